The Morgan fingerprint density at radius 3 is 2.35 bits per heavy atom. The highest BCUT2D eigenvalue weighted by atomic mass is 35.5. The van der Waals surface area contributed by atoms with Gasteiger partial charge < -0.3 is 16.0 Å². The SMILES string of the molecule is Cc1ccc(N)cc1C(=O)N(CC(=O)Nc1ccc(F)cc1)C(C)C.Cl. The third-order valence-corrected chi connectivity index (χ3v) is 3.82. The third kappa shape index (κ3) is 5.46. The minimum atomic E-state index is -0.380. The second kappa shape index (κ2) is 9.20. The van der Waals surface area contributed by atoms with Gasteiger partial charge in [-0.05, 0) is 62.7 Å². The minimum Gasteiger partial charge on any atom is -0.399 e. The number of carbonyl (C=O) groups is 2. The number of rotatable bonds is 5. The molecular formula is C19H23ClFN3O2. The smallest absolute Gasteiger partial charge is 0.254 e. The molecule has 5 nitrogen and oxygen atoms in total. The molecule has 0 heterocycles. The molecule has 2 rings (SSSR count). The highest BCUT2D eigenvalue weighted by molar-refractivity contribution is 6.00. The number of nitrogens with zero attached hydrogens (tertiary/aromatic N) is 1. The first kappa shape index (κ1) is 21.4. The third-order valence-electron chi connectivity index (χ3n) is 3.82. The maximum atomic E-state index is 12.9. The molecule has 0 saturated heterocycles. The van der Waals surface area contributed by atoms with Crippen LogP contribution in [-0.4, -0.2) is 29.3 Å². The van der Waals surface area contributed by atoms with Gasteiger partial charge in [0, 0.05) is 23.0 Å². The number of benzene rings is 2. The van der Waals surface area contributed by atoms with Gasteiger partial charge in [-0.25, -0.2) is 4.39 Å². The molecule has 2 aromatic rings. The standard InChI is InChI=1S/C19H22FN3O2.ClH/c1-12(2)23(19(25)17-10-15(21)7-4-13(17)3)11-18(24)22-16-8-5-14(20)6-9-16;/h4-10,12H,11,21H2,1-3H3,(H,22,24);1H. The molecule has 0 aliphatic carbocycles. The zero-order chi connectivity index (χ0) is 18.6. The Balaban J connectivity index is 0.00000338. The van der Waals surface area contributed by atoms with Crippen molar-refractivity contribution >= 4 is 35.6 Å². The van der Waals surface area contributed by atoms with Crippen molar-refractivity contribution < 1.29 is 14.0 Å². The number of carbonyl (C=O) groups excluding carboxylic acids is 2. The molecule has 0 aliphatic rings. The number of aryl methyl sites for hydroxylation is 1. The van der Waals surface area contributed by atoms with Gasteiger partial charge in [0.1, 0.15) is 12.4 Å². The summed E-state index contributed by atoms with van der Waals surface area (Å²) in [6.07, 6.45) is 0. The second-order valence-electron chi connectivity index (χ2n) is 6.16. The Bertz CT molecular complexity index is 779. The van der Waals surface area contributed by atoms with E-state index in [1.807, 2.05) is 20.8 Å². The molecule has 0 aliphatic heterocycles. The molecule has 3 N–H and O–H groups in total. The lowest BCUT2D eigenvalue weighted by Gasteiger charge is -2.27. The number of amides is 2. The van der Waals surface area contributed by atoms with Crippen molar-refractivity contribution in [3.8, 4) is 0 Å². The summed E-state index contributed by atoms with van der Waals surface area (Å²) in [5, 5.41) is 2.66. The van der Waals surface area contributed by atoms with E-state index in [1.54, 1.807) is 18.2 Å². The Kier molecular flexibility index (Phi) is 7.58. The molecule has 0 unspecified atom stereocenters. The van der Waals surface area contributed by atoms with Gasteiger partial charge in [-0.1, -0.05) is 6.07 Å². The highest BCUT2D eigenvalue weighted by Crippen LogP contribution is 2.17. The molecule has 0 bridgehead atoms. The lowest BCUT2D eigenvalue weighted by molar-refractivity contribution is -0.117. The second-order valence-corrected chi connectivity index (χ2v) is 6.16. The van der Waals surface area contributed by atoms with Gasteiger partial charge in [0.05, 0.1) is 0 Å². The van der Waals surface area contributed by atoms with E-state index in [-0.39, 0.29) is 42.6 Å². The van der Waals surface area contributed by atoms with Crippen LogP contribution in [0.5, 0.6) is 0 Å². The first-order valence-corrected chi connectivity index (χ1v) is 8.00. The summed E-state index contributed by atoms with van der Waals surface area (Å²) in [5.74, 6) is -0.988. The van der Waals surface area contributed by atoms with Crippen LogP contribution in [0.25, 0.3) is 0 Å². The van der Waals surface area contributed by atoms with Crippen molar-refractivity contribution in [3.63, 3.8) is 0 Å². The summed E-state index contributed by atoms with van der Waals surface area (Å²) in [6.45, 7) is 5.39. The Morgan fingerprint density at radius 2 is 1.77 bits per heavy atom. The fourth-order valence-corrected chi connectivity index (χ4v) is 2.40. The van der Waals surface area contributed by atoms with Crippen LogP contribution >= 0.6 is 12.4 Å². The van der Waals surface area contributed by atoms with E-state index in [1.165, 1.54) is 29.2 Å². The van der Waals surface area contributed by atoms with Crippen molar-refractivity contribution in [2.75, 3.05) is 17.6 Å². The number of halogens is 2. The van der Waals surface area contributed by atoms with Gasteiger partial charge in [-0.15, -0.1) is 12.4 Å². The predicted molar refractivity (Wildman–Crippen MR) is 104 cm³/mol. The number of nitrogens with one attached hydrogen (secondary N) is 1. The van der Waals surface area contributed by atoms with Crippen LogP contribution in [0.4, 0.5) is 15.8 Å². The topological polar surface area (TPSA) is 75.4 Å². The zero-order valence-electron chi connectivity index (χ0n) is 15.0. The highest BCUT2D eigenvalue weighted by Gasteiger charge is 2.23. The zero-order valence-corrected chi connectivity index (χ0v) is 15.8. The molecule has 140 valence electrons. The number of anilines is 2. The van der Waals surface area contributed by atoms with Crippen molar-refractivity contribution in [2.45, 2.75) is 26.8 Å². The van der Waals surface area contributed by atoms with Crippen molar-refractivity contribution in [3.05, 3.63) is 59.4 Å². The monoisotopic (exact) mass is 379 g/mol. The first-order chi connectivity index (χ1) is 11.8. The number of hydrogen-bond donors (Lipinski definition) is 2. The molecule has 0 spiro atoms. The van der Waals surface area contributed by atoms with Gasteiger partial charge >= 0.3 is 0 Å². The van der Waals surface area contributed by atoms with Crippen molar-refractivity contribution in [1.82, 2.24) is 4.90 Å². The van der Waals surface area contributed by atoms with E-state index in [0.29, 0.717) is 16.9 Å². The largest absolute Gasteiger partial charge is 0.399 e. The molecule has 0 radical (unpaired) electrons. The summed E-state index contributed by atoms with van der Waals surface area (Å²) in [4.78, 5) is 26.6. The van der Waals surface area contributed by atoms with Gasteiger partial charge in [0.2, 0.25) is 5.91 Å². The molecule has 26 heavy (non-hydrogen) atoms. The average Bonchev–Trinajstić information content (AvgIpc) is 2.56. The molecule has 2 amide bonds. The van der Waals surface area contributed by atoms with Gasteiger partial charge in [-0.2, -0.15) is 0 Å². The Labute approximate surface area is 158 Å². The van der Waals surface area contributed by atoms with Crippen LogP contribution in [0, 0.1) is 12.7 Å². The quantitative estimate of drug-likeness (QED) is 0.779. The molecule has 0 aromatic heterocycles. The van der Waals surface area contributed by atoms with E-state index in [0.717, 1.165) is 5.56 Å². The number of nitrogens with two attached hydrogens (primary N) is 1. The van der Waals surface area contributed by atoms with E-state index in [2.05, 4.69) is 5.32 Å². The Hall–Kier alpha value is -2.60. The predicted octanol–water partition coefficient (Wildman–Crippen LogP) is 3.63. The van der Waals surface area contributed by atoms with Gasteiger partial charge in [0.25, 0.3) is 5.91 Å². The molecule has 0 saturated carbocycles. The summed E-state index contributed by atoms with van der Waals surface area (Å²) in [7, 11) is 0. The molecule has 0 atom stereocenters. The average molecular weight is 380 g/mol. The fraction of sp³-hybridized carbons (Fsp3) is 0.263. The van der Waals surface area contributed by atoms with E-state index < -0.39 is 0 Å². The molecule has 2 aromatic carbocycles. The van der Waals surface area contributed by atoms with Crippen LogP contribution in [0.1, 0.15) is 29.8 Å². The maximum absolute atomic E-state index is 12.9. The molecule has 0 fully saturated rings. The normalized spacial score (nSPS) is 10.2. The summed E-state index contributed by atoms with van der Waals surface area (Å²) in [5.41, 5.74) is 8.02. The summed E-state index contributed by atoms with van der Waals surface area (Å²) < 4.78 is 12.9. The summed E-state index contributed by atoms with van der Waals surface area (Å²) in [6, 6.07) is 10.4. The van der Waals surface area contributed by atoms with E-state index in [4.69, 9.17) is 5.73 Å². The minimum absolute atomic E-state index is 0. The molecule has 7 heteroatoms. The summed E-state index contributed by atoms with van der Waals surface area (Å²) >= 11 is 0. The molecular weight excluding hydrogens is 357 g/mol. The van der Waals surface area contributed by atoms with Gasteiger partial charge in [-0.3, -0.25) is 9.59 Å². The van der Waals surface area contributed by atoms with Gasteiger partial charge in [0.15, 0.2) is 0 Å². The van der Waals surface area contributed by atoms with Crippen LogP contribution in [0.2, 0.25) is 0 Å². The van der Waals surface area contributed by atoms with Crippen LogP contribution in [0.15, 0.2) is 42.5 Å². The van der Waals surface area contributed by atoms with E-state index >= 15 is 0 Å². The van der Waals surface area contributed by atoms with Crippen molar-refractivity contribution in [1.29, 1.82) is 0 Å². The lowest BCUT2D eigenvalue weighted by atomic mass is 10.1. The maximum Gasteiger partial charge on any atom is 0.254 e. The first-order valence-electron chi connectivity index (χ1n) is 8.00. The van der Waals surface area contributed by atoms with Crippen LogP contribution in [0.3, 0.4) is 0 Å². The van der Waals surface area contributed by atoms with Crippen molar-refractivity contribution in [2.24, 2.45) is 0 Å². The van der Waals surface area contributed by atoms with Crippen LogP contribution < -0.4 is 11.1 Å². The number of nitrogen functional groups attached to an aromatic ring is 1. The van der Waals surface area contributed by atoms with Crippen LogP contribution in [-0.2, 0) is 4.79 Å². The fourth-order valence-electron chi connectivity index (χ4n) is 2.40. The van der Waals surface area contributed by atoms with E-state index in [9.17, 15) is 14.0 Å². The number of hydrogen-bond acceptors (Lipinski definition) is 3. The lowest BCUT2D eigenvalue weighted by Crippen LogP contribution is -2.42. The Morgan fingerprint density at radius 1 is 1.15 bits per heavy atom.